The van der Waals surface area contributed by atoms with Gasteiger partial charge >= 0.3 is 6.03 Å². The molecule has 1 aromatic heterocycles. The van der Waals surface area contributed by atoms with Gasteiger partial charge in [-0.3, -0.25) is 14.7 Å². The maximum atomic E-state index is 12.4. The summed E-state index contributed by atoms with van der Waals surface area (Å²) in [5, 5.41) is 13.7. The maximum absolute atomic E-state index is 12.4. The molecule has 1 aromatic carbocycles. The van der Waals surface area contributed by atoms with Crippen LogP contribution >= 0.6 is 11.8 Å². The molecule has 0 aliphatic heterocycles. The zero-order chi connectivity index (χ0) is 24.0. The van der Waals surface area contributed by atoms with Crippen molar-refractivity contribution in [3.05, 3.63) is 12.1 Å². The quantitative estimate of drug-likeness (QED) is 0.556. The Labute approximate surface area is 197 Å². The average Bonchev–Trinajstić information content (AvgIpc) is 3.26. The number of methoxy groups -OCH3 is 3. The standard InChI is InChI=1S/C22H31N5O5S/c1-13(20(28)24-21(29)23-2)33-22-26-25-19(27(22)15-9-7-6-8-10-15)14-11-16(30-3)18(32-5)17(12-14)31-4/h11-13,15H,6-10H2,1-5H3,(H2,23,24,28,29). The van der Waals surface area contributed by atoms with E-state index in [0.29, 0.717) is 28.2 Å². The van der Waals surface area contributed by atoms with Crippen LogP contribution < -0.4 is 24.8 Å². The van der Waals surface area contributed by atoms with Gasteiger partial charge in [0.15, 0.2) is 22.5 Å². The fourth-order valence-corrected chi connectivity index (χ4v) is 4.84. The third-order valence-corrected chi connectivity index (χ3v) is 6.70. The second-order valence-electron chi connectivity index (χ2n) is 7.71. The van der Waals surface area contributed by atoms with E-state index >= 15 is 0 Å². The molecule has 1 atom stereocenters. The number of carbonyl (C=O) groups is 2. The van der Waals surface area contributed by atoms with E-state index in [1.807, 2.05) is 12.1 Å². The number of hydrogen-bond acceptors (Lipinski definition) is 8. The molecule has 1 unspecified atom stereocenters. The molecule has 3 rings (SSSR count). The van der Waals surface area contributed by atoms with Crippen LogP contribution in [0.25, 0.3) is 11.4 Å². The Balaban J connectivity index is 2.02. The first-order valence-electron chi connectivity index (χ1n) is 10.9. The summed E-state index contributed by atoms with van der Waals surface area (Å²) >= 11 is 1.28. The van der Waals surface area contributed by atoms with Crippen LogP contribution in [0.4, 0.5) is 4.79 Å². The Morgan fingerprint density at radius 1 is 1.06 bits per heavy atom. The third-order valence-electron chi connectivity index (χ3n) is 5.64. The Kier molecular flexibility index (Phi) is 8.43. The lowest BCUT2D eigenvalue weighted by Gasteiger charge is -2.26. The normalized spacial score (nSPS) is 14.9. The minimum absolute atomic E-state index is 0.208. The molecule has 10 nitrogen and oxygen atoms in total. The number of thioether (sulfide) groups is 1. The number of ether oxygens (including phenoxy) is 3. The molecule has 1 aliphatic carbocycles. The summed E-state index contributed by atoms with van der Waals surface area (Å²) in [5.41, 5.74) is 0.775. The minimum Gasteiger partial charge on any atom is -0.493 e. The fourth-order valence-electron chi connectivity index (χ4n) is 3.92. The number of urea groups is 1. The van der Waals surface area contributed by atoms with Crippen molar-refractivity contribution in [3.8, 4) is 28.6 Å². The van der Waals surface area contributed by atoms with Gasteiger partial charge in [0.05, 0.1) is 26.6 Å². The predicted octanol–water partition coefficient (Wildman–Crippen LogP) is 3.41. The van der Waals surface area contributed by atoms with Crippen LogP contribution in [-0.2, 0) is 4.79 Å². The van der Waals surface area contributed by atoms with Crippen molar-refractivity contribution in [2.75, 3.05) is 28.4 Å². The molecule has 1 heterocycles. The number of nitrogens with one attached hydrogen (secondary N) is 2. The van der Waals surface area contributed by atoms with E-state index in [1.54, 1.807) is 28.3 Å². The molecule has 1 aliphatic rings. The molecular weight excluding hydrogens is 446 g/mol. The number of imide groups is 1. The molecule has 2 aromatic rings. The van der Waals surface area contributed by atoms with E-state index in [4.69, 9.17) is 14.2 Å². The van der Waals surface area contributed by atoms with Gasteiger partial charge in [0.25, 0.3) is 0 Å². The molecule has 0 saturated heterocycles. The van der Waals surface area contributed by atoms with Crippen molar-refractivity contribution in [2.45, 2.75) is 55.5 Å². The van der Waals surface area contributed by atoms with Gasteiger partial charge in [0.1, 0.15) is 0 Å². The number of nitrogens with zero attached hydrogens (tertiary/aromatic N) is 3. The van der Waals surface area contributed by atoms with Gasteiger partial charge < -0.3 is 19.5 Å². The van der Waals surface area contributed by atoms with Gasteiger partial charge in [-0.2, -0.15) is 0 Å². The smallest absolute Gasteiger partial charge is 0.321 e. The van der Waals surface area contributed by atoms with Crippen molar-refractivity contribution >= 4 is 23.7 Å². The molecule has 0 radical (unpaired) electrons. The highest BCUT2D eigenvalue weighted by atomic mass is 32.2. The second-order valence-corrected chi connectivity index (χ2v) is 9.02. The number of carbonyl (C=O) groups excluding carboxylic acids is 2. The molecule has 0 spiro atoms. The van der Waals surface area contributed by atoms with Crippen LogP contribution in [0, 0.1) is 0 Å². The average molecular weight is 478 g/mol. The fraction of sp³-hybridized carbons (Fsp3) is 0.545. The van der Waals surface area contributed by atoms with Crippen molar-refractivity contribution in [3.63, 3.8) is 0 Å². The lowest BCUT2D eigenvalue weighted by molar-refractivity contribution is -0.119. The second kappa shape index (κ2) is 11.3. The van der Waals surface area contributed by atoms with Gasteiger partial charge in [0, 0.05) is 18.7 Å². The highest BCUT2D eigenvalue weighted by Crippen LogP contribution is 2.43. The Hall–Kier alpha value is -2.95. The van der Waals surface area contributed by atoms with Crippen molar-refractivity contribution in [1.29, 1.82) is 0 Å². The predicted molar refractivity (Wildman–Crippen MR) is 125 cm³/mol. The van der Waals surface area contributed by atoms with E-state index in [1.165, 1.54) is 25.2 Å². The van der Waals surface area contributed by atoms with Crippen LogP contribution in [0.15, 0.2) is 17.3 Å². The summed E-state index contributed by atoms with van der Waals surface area (Å²) in [4.78, 5) is 24.0. The lowest BCUT2D eigenvalue weighted by Crippen LogP contribution is -2.41. The summed E-state index contributed by atoms with van der Waals surface area (Å²) in [6.45, 7) is 1.74. The first-order valence-corrected chi connectivity index (χ1v) is 11.8. The van der Waals surface area contributed by atoms with Gasteiger partial charge in [-0.05, 0) is 31.9 Å². The molecule has 3 amide bonds. The van der Waals surface area contributed by atoms with Crippen molar-refractivity contribution in [2.24, 2.45) is 0 Å². The first-order chi connectivity index (χ1) is 15.9. The maximum Gasteiger partial charge on any atom is 0.321 e. The molecule has 33 heavy (non-hydrogen) atoms. The zero-order valence-electron chi connectivity index (χ0n) is 19.6. The molecule has 2 N–H and O–H groups in total. The summed E-state index contributed by atoms with van der Waals surface area (Å²) in [5.74, 6) is 1.83. The molecule has 1 saturated carbocycles. The van der Waals surface area contributed by atoms with E-state index in [2.05, 4.69) is 25.4 Å². The lowest BCUT2D eigenvalue weighted by atomic mass is 9.95. The number of aromatic nitrogens is 3. The minimum atomic E-state index is -0.542. The number of amides is 3. The number of benzene rings is 1. The zero-order valence-corrected chi connectivity index (χ0v) is 20.5. The SMILES string of the molecule is CNC(=O)NC(=O)C(C)Sc1nnc(-c2cc(OC)c(OC)c(OC)c2)n1C1CCCCC1. The monoisotopic (exact) mass is 477 g/mol. The van der Waals surface area contributed by atoms with Crippen LogP contribution in [-0.4, -0.2) is 60.3 Å². The molecule has 11 heteroatoms. The topological polar surface area (TPSA) is 117 Å². The Morgan fingerprint density at radius 2 is 1.70 bits per heavy atom. The molecule has 0 bridgehead atoms. The number of hydrogen-bond donors (Lipinski definition) is 2. The summed E-state index contributed by atoms with van der Waals surface area (Å²) < 4.78 is 18.6. The Morgan fingerprint density at radius 3 is 2.24 bits per heavy atom. The van der Waals surface area contributed by atoms with E-state index < -0.39 is 17.2 Å². The van der Waals surface area contributed by atoms with Crippen LogP contribution in [0.3, 0.4) is 0 Å². The van der Waals surface area contributed by atoms with Crippen LogP contribution in [0.2, 0.25) is 0 Å². The van der Waals surface area contributed by atoms with Crippen molar-refractivity contribution in [1.82, 2.24) is 25.4 Å². The summed E-state index contributed by atoms with van der Waals surface area (Å²) in [6.07, 6.45) is 5.44. The van der Waals surface area contributed by atoms with Gasteiger partial charge in [0.2, 0.25) is 11.7 Å². The molecular formula is C22H31N5O5S. The van der Waals surface area contributed by atoms with E-state index in [9.17, 15) is 9.59 Å². The van der Waals surface area contributed by atoms with Crippen molar-refractivity contribution < 1.29 is 23.8 Å². The Bertz CT molecular complexity index is 965. The highest BCUT2D eigenvalue weighted by Gasteiger charge is 2.28. The van der Waals surface area contributed by atoms with Gasteiger partial charge in [-0.1, -0.05) is 31.0 Å². The highest BCUT2D eigenvalue weighted by molar-refractivity contribution is 8.00. The molecule has 180 valence electrons. The van der Waals surface area contributed by atoms with E-state index in [-0.39, 0.29) is 6.04 Å². The first kappa shape index (κ1) is 24.7. The van der Waals surface area contributed by atoms with E-state index in [0.717, 1.165) is 31.2 Å². The largest absolute Gasteiger partial charge is 0.493 e. The van der Waals surface area contributed by atoms with Gasteiger partial charge in [-0.25, -0.2) is 4.79 Å². The number of rotatable bonds is 8. The summed E-state index contributed by atoms with van der Waals surface area (Å²) in [7, 11) is 6.16. The van der Waals surface area contributed by atoms with Crippen LogP contribution in [0.1, 0.15) is 45.1 Å². The molecule has 1 fully saturated rings. The van der Waals surface area contributed by atoms with Gasteiger partial charge in [-0.15, -0.1) is 10.2 Å². The summed E-state index contributed by atoms with van der Waals surface area (Å²) in [6, 6.07) is 3.36. The third kappa shape index (κ3) is 5.52. The van der Waals surface area contributed by atoms with Crippen LogP contribution in [0.5, 0.6) is 17.2 Å².